The highest BCUT2D eigenvalue weighted by atomic mass is 16.5. The Balaban J connectivity index is 1.75. The highest BCUT2D eigenvalue weighted by molar-refractivity contribution is 6.01. The van der Waals surface area contributed by atoms with E-state index in [0.29, 0.717) is 18.0 Å². The van der Waals surface area contributed by atoms with E-state index < -0.39 is 5.92 Å². The van der Waals surface area contributed by atoms with Gasteiger partial charge in [0.15, 0.2) is 0 Å². The fourth-order valence-corrected chi connectivity index (χ4v) is 3.19. The van der Waals surface area contributed by atoms with Crippen LogP contribution in [0.1, 0.15) is 43.6 Å². The standard InChI is InChI=1S/C18H22N2O3/c1-23-13-7-8-16-14(9-13)15(10-17(21)20-16)18(22)19-11-12-5-3-2-4-6-12/h5,7-9,15H,2-4,6,10-11H2,1H3,(H,19,22)(H,20,21)/t15-/m0/s1. The first-order valence-electron chi connectivity index (χ1n) is 8.11. The molecule has 1 aliphatic carbocycles. The molecule has 122 valence electrons. The molecule has 0 saturated heterocycles. The molecule has 1 aromatic rings. The lowest BCUT2D eigenvalue weighted by Crippen LogP contribution is -2.36. The van der Waals surface area contributed by atoms with Crippen LogP contribution in [-0.2, 0) is 9.59 Å². The topological polar surface area (TPSA) is 67.4 Å². The number of allylic oxidation sites excluding steroid dienone is 1. The van der Waals surface area contributed by atoms with Crippen molar-refractivity contribution in [2.75, 3.05) is 19.0 Å². The van der Waals surface area contributed by atoms with Crippen LogP contribution in [0.5, 0.6) is 5.75 Å². The number of hydrogen-bond acceptors (Lipinski definition) is 3. The summed E-state index contributed by atoms with van der Waals surface area (Å²) in [5.74, 6) is 0.00579. The van der Waals surface area contributed by atoms with Crippen molar-refractivity contribution < 1.29 is 14.3 Å². The van der Waals surface area contributed by atoms with Crippen molar-refractivity contribution in [1.29, 1.82) is 0 Å². The average Bonchev–Trinajstić information content (AvgIpc) is 2.59. The Bertz CT molecular complexity index is 652. The van der Waals surface area contributed by atoms with Gasteiger partial charge >= 0.3 is 0 Å². The Morgan fingerprint density at radius 2 is 2.26 bits per heavy atom. The molecule has 1 aliphatic heterocycles. The van der Waals surface area contributed by atoms with Gasteiger partial charge in [-0.05, 0) is 49.4 Å². The average molecular weight is 314 g/mol. The van der Waals surface area contributed by atoms with Crippen molar-refractivity contribution in [2.45, 2.75) is 38.0 Å². The van der Waals surface area contributed by atoms with E-state index in [-0.39, 0.29) is 18.2 Å². The molecular weight excluding hydrogens is 292 g/mol. The minimum atomic E-state index is -0.460. The van der Waals surface area contributed by atoms with Crippen LogP contribution < -0.4 is 15.4 Å². The molecule has 23 heavy (non-hydrogen) atoms. The summed E-state index contributed by atoms with van der Waals surface area (Å²) in [6, 6.07) is 5.40. The molecule has 0 radical (unpaired) electrons. The molecule has 5 heteroatoms. The summed E-state index contributed by atoms with van der Waals surface area (Å²) in [5, 5.41) is 5.81. The van der Waals surface area contributed by atoms with Gasteiger partial charge in [0.2, 0.25) is 11.8 Å². The second kappa shape index (κ2) is 6.86. The molecule has 1 aromatic carbocycles. The number of carbonyl (C=O) groups is 2. The third kappa shape index (κ3) is 3.55. The first-order valence-corrected chi connectivity index (χ1v) is 8.11. The molecule has 1 heterocycles. The zero-order chi connectivity index (χ0) is 16.2. The predicted molar refractivity (Wildman–Crippen MR) is 88.5 cm³/mol. The van der Waals surface area contributed by atoms with Gasteiger partial charge in [0, 0.05) is 18.7 Å². The van der Waals surface area contributed by atoms with E-state index >= 15 is 0 Å². The fourth-order valence-electron chi connectivity index (χ4n) is 3.19. The molecular formula is C18H22N2O3. The lowest BCUT2D eigenvalue weighted by Gasteiger charge is -2.25. The third-order valence-corrected chi connectivity index (χ3v) is 4.49. The minimum Gasteiger partial charge on any atom is -0.497 e. The Hall–Kier alpha value is -2.30. The molecule has 3 rings (SSSR count). The van der Waals surface area contributed by atoms with Gasteiger partial charge in [0.25, 0.3) is 0 Å². The number of fused-ring (bicyclic) bond motifs is 1. The van der Waals surface area contributed by atoms with Crippen LogP contribution in [0.4, 0.5) is 5.69 Å². The van der Waals surface area contributed by atoms with Crippen molar-refractivity contribution in [2.24, 2.45) is 0 Å². The second-order valence-electron chi connectivity index (χ2n) is 6.08. The van der Waals surface area contributed by atoms with Crippen LogP contribution in [0.2, 0.25) is 0 Å². The van der Waals surface area contributed by atoms with Crippen molar-refractivity contribution in [3.8, 4) is 5.75 Å². The zero-order valence-corrected chi connectivity index (χ0v) is 13.4. The number of rotatable bonds is 4. The van der Waals surface area contributed by atoms with Gasteiger partial charge in [0.05, 0.1) is 13.0 Å². The molecule has 5 nitrogen and oxygen atoms in total. The summed E-state index contributed by atoms with van der Waals surface area (Å²) in [7, 11) is 1.59. The number of nitrogens with one attached hydrogen (secondary N) is 2. The predicted octanol–water partition coefficient (Wildman–Crippen LogP) is 2.74. The van der Waals surface area contributed by atoms with Crippen LogP contribution >= 0.6 is 0 Å². The quantitative estimate of drug-likeness (QED) is 0.840. The summed E-state index contributed by atoms with van der Waals surface area (Å²) in [6.45, 7) is 0.580. The molecule has 1 atom stereocenters. The van der Waals surface area contributed by atoms with Crippen LogP contribution in [0.25, 0.3) is 0 Å². The van der Waals surface area contributed by atoms with Gasteiger partial charge < -0.3 is 15.4 Å². The maximum Gasteiger partial charge on any atom is 0.228 e. The summed E-state index contributed by atoms with van der Waals surface area (Å²) in [5.41, 5.74) is 2.80. The highest BCUT2D eigenvalue weighted by Crippen LogP contribution is 2.35. The van der Waals surface area contributed by atoms with Gasteiger partial charge in [0.1, 0.15) is 5.75 Å². The van der Waals surface area contributed by atoms with E-state index in [0.717, 1.165) is 18.4 Å². The minimum absolute atomic E-state index is 0.0965. The lowest BCUT2D eigenvalue weighted by molar-refractivity contribution is -0.126. The first kappa shape index (κ1) is 15.6. The molecule has 0 saturated carbocycles. The van der Waals surface area contributed by atoms with E-state index in [4.69, 9.17) is 4.74 Å². The van der Waals surface area contributed by atoms with E-state index in [9.17, 15) is 9.59 Å². The zero-order valence-electron chi connectivity index (χ0n) is 13.4. The van der Waals surface area contributed by atoms with Gasteiger partial charge in [-0.25, -0.2) is 0 Å². The summed E-state index contributed by atoms with van der Waals surface area (Å²) < 4.78 is 5.24. The number of ether oxygens (including phenoxy) is 1. The Morgan fingerprint density at radius 1 is 1.39 bits per heavy atom. The lowest BCUT2D eigenvalue weighted by atomic mass is 9.89. The van der Waals surface area contributed by atoms with E-state index in [1.807, 2.05) is 6.07 Å². The Morgan fingerprint density at radius 3 is 3.00 bits per heavy atom. The van der Waals surface area contributed by atoms with Gasteiger partial charge in [-0.15, -0.1) is 0 Å². The maximum atomic E-state index is 12.6. The molecule has 0 unspecified atom stereocenters. The maximum absolute atomic E-state index is 12.6. The van der Waals surface area contributed by atoms with Gasteiger partial charge in [-0.1, -0.05) is 11.6 Å². The van der Waals surface area contributed by atoms with Crippen molar-refractivity contribution in [1.82, 2.24) is 5.32 Å². The van der Waals surface area contributed by atoms with Crippen molar-refractivity contribution in [3.05, 3.63) is 35.4 Å². The van der Waals surface area contributed by atoms with E-state index in [1.54, 1.807) is 19.2 Å². The van der Waals surface area contributed by atoms with Crippen LogP contribution in [0.15, 0.2) is 29.8 Å². The number of methoxy groups -OCH3 is 1. The van der Waals surface area contributed by atoms with Crippen LogP contribution in [-0.4, -0.2) is 25.5 Å². The number of hydrogen-bond donors (Lipinski definition) is 2. The Kier molecular flexibility index (Phi) is 4.65. The van der Waals surface area contributed by atoms with Crippen molar-refractivity contribution >= 4 is 17.5 Å². The highest BCUT2D eigenvalue weighted by Gasteiger charge is 2.31. The number of carbonyl (C=O) groups excluding carboxylic acids is 2. The monoisotopic (exact) mass is 314 g/mol. The van der Waals surface area contributed by atoms with Gasteiger partial charge in [-0.2, -0.15) is 0 Å². The fraction of sp³-hybridized carbons (Fsp3) is 0.444. The molecule has 0 aromatic heterocycles. The summed E-state index contributed by atoms with van der Waals surface area (Å²) in [4.78, 5) is 24.5. The number of anilines is 1. The smallest absolute Gasteiger partial charge is 0.228 e. The third-order valence-electron chi connectivity index (χ3n) is 4.49. The molecule has 2 aliphatic rings. The number of amides is 2. The largest absolute Gasteiger partial charge is 0.497 e. The number of benzene rings is 1. The molecule has 0 fully saturated rings. The van der Waals surface area contributed by atoms with E-state index in [1.165, 1.54) is 18.4 Å². The molecule has 0 spiro atoms. The summed E-state index contributed by atoms with van der Waals surface area (Å²) in [6.07, 6.45) is 6.95. The Labute approximate surface area is 136 Å². The molecule has 0 bridgehead atoms. The first-order chi connectivity index (χ1) is 11.2. The van der Waals surface area contributed by atoms with Crippen LogP contribution in [0.3, 0.4) is 0 Å². The van der Waals surface area contributed by atoms with Gasteiger partial charge in [-0.3, -0.25) is 9.59 Å². The SMILES string of the molecule is COc1ccc2c(c1)[C@@H](C(=O)NCC1=CCCCC1)CC(=O)N2. The molecule has 2 amide bonds. The van der Waals surface area contributed by atoms with E-state index in [2.05, 4.69) is 16.7 Å². The second-order valence-corrected chi connectivity index (χ2v) is 6.08. The molecule has 2 N–H and O–H groups in total. The van der Waals surface area contributed by atoms with Crippen molar-refractivity contribution in [3.63, 3.8) is 0 Å². The summed E-state index contributed by atoms with van der Waals surface area (Å²) >= 11 is 0. The normalized spacial score (nSPS) is 20.1. The van der Waals surface area contributed by atoms with Crippen LogP contribution in [0, 0.1) is 0 Å².